The van der Waals surface area contributed by atoms with Crippen molar-refractivity contribution in [3.05, 3.63) is 42.2 Å². The molecule has 0 N–H and O–H groups in total. The molecule has 0 saturated carbocycles. The summed E-state index contributed by atoms with van der Waals surface area (Å²) in [5, 5.41) is 1.36. The summed E-state index contributed by atoms with van der Waals surface area (Å²) in [4.78, 5) is 3.96. The molecule has 2 nitrogen and oxygen atoms in total. The minimum Gasteiger partial charge on any atom is -0.350 e. The Balaban J connectivity index is 2.51. The quantitative estimate of drug-likeness (QED) is 0.594. The Morgan fingerprint density at radius 3 is 2.67 bits per heavy atom. The van der Waals surface area contributed by atoms with Gasteiger partial charge in [-0.1, -0.05) is 12.1 Å². The predicted octanol–water partition coefficient (Wildman–Crippen LogP) is 3.75. The van der Waals surface area contributed by atoms with Crippen molar-refractivity contribution in [3.63, 3.8) is 0 Å². The zero-order valence-electron chi connectivity index (χ0n) is 9.49. The van der Waals surface area contributed by atoms with Crippen molar-refractivity contribution in [2.75, 3.05) is 0 Å². The number of aryl methyl sites for hydroxylation is 1. The third-order valence-electron chi connectivity index (χ3n) is 3.03. The summed E-state index contributed by atoms with van der Waals surface area (Å²) >= 11 is 0. The fraction of sp³-hybridized carbons (Fsp3) is 0.154. The smallest absolute Gasteiger partial charge is 0.350 e. The molecule has 3 rings (SSSR count). The molecule has 1 aromatic carbocycles. The molecule has 5 heteroatoms. The zero-order valence-corrected chi connectivity index (χ0v) is 9.49. The molecule has 0 atom stereocenters. The Morgan fingerprint density at radius 1 is 1.17 bits per heavy atom. The second-order valence-electron chi connectivity index (χ2n) is 4.19. The molecule has 2 aromatic heterocycles. The van der Waals surface area contributed by atoms with Crippen LogP contribution in [0.2, 0.25) is 0 Å². The number of rotatable bonds is 0. The van der Waals surface area contributed by atoms with E-state index in [0.717, 1.165) is 17.0 Å². The lowest BCUT2D eigenvalue weighted by molar-refractivity contribution is -0.136. The van der Waals surface area contributed by atoms with Gasteiger partial charge in [-0.25, -0.2) is 0 Å². The van der Waals surface area contributed by atoms with Crippen LogP contribution in [0.25, 0.3) is 21.8 Å². The summed E-state index contributed by atoms with van der Waals surface area (Å²) in [6.07, 6.45) is -1.09. The molecule has 0 saturated heterocycles. The van der Waals surface area contributed by atoms with Crippen molar-refractivity contribution in [2.45, 2.75) is 6.18 Å². The summed E-state index contributed by atoms with van der Waals surface area (Å²) in [6, 6.07) is 5.98. The molecule has 0 bridgehead atoms. The molecule has 2 heterocycles. The van der Waals surface area contributed by atoms with Crippen LogP contribution in [0.3, 0.4) is 0 Å². The van der Waals surface area contributed by atoms with Crippen molar-refractivity contribution in [1.82, 2.24) is 9.55 Å². The van der Waals surface area contributed by atoms with Crippen LogP contribution in [0.5, 0.6) is 0 Å². The fourth-order valence-corrected chi connectivity index (χ4v) is 2.24. The first kappa shape index (κ1) is 11.1. The molecule has 92 valence electrons. The summed E-state index contributed by atoms with van der Waals surface area (Å²) in [5.74, 6) is 0. The molecule has 3 aromatic rings. The van der Waals surface area contributed by atoms with Gasteiger partial charge < -0.3 is 4.57 Å². The first-order valence-electron chi connectivity index (χ1n) is 5.38. The van der Waals surface area contributed by atoms with Gasteiger partial charge in [0, 0.05) is 30.2 Å². The van der Waals surface area contributed by atoms with Gasteiger partial charge >= 0.3 is 6.18 Å². The largest absolute Gasteiger partial charge is 0.418 e. The van der Waals surface area contributed by atoms with E-state index in [2.05, 4.69) is 4.98 Å². The Morgan fingerprint density at radius 2 is 1.94 bits per heavy atom. The molecule has 0 aliphatic rings. The van der Waals surface area contributed by atoms with E-state index >= 15 is 0 Å². The van der Waals surface area contributed by atoms with E-state index in [9.17, 15) is 13.2 Å². The maximum Gasteiger partial charge on any atom is 0.418 e. The van der Waals surface area contributed by atoms with E-state index < -0.39 is 11.7 Å². The topological polar surface area (TPSA) is 17.8 Å². The van der Waals surface area contributed by atoms with Gasteiger partial charge in [0.15, 0.2) is 0 Å². The number of pyridine rings is 1. The number of halogens is 3. The first-order valence-corrected chi connectivity index (χ1v) is 5.38. The van der Waals surface area contributed by atoms with E-state index in [1.54, 1.807) is 10.6 Å². The number of fused-ring (bicyclic) bond motifs is 3. The van der Waals surface area contributed by atoms with Gasteiger partial charge in [-0.15, -0.1) is 0 Å². The average molecular weight is 250 g/mol. The van der Waals surface area contributed by atoms with Crippen LogP contribution < -0.4 is 0 Å². The van der Waals surface area contributed by atoms with E-state index in [1.165, 1.54) is 12.3 Å². The van der Waals surface area contributed by atoms with E-state index in [4.69, 9.17) is 0 Å². The summed E-state index contributed by atoms with van der Waals surface area (Å²) in [6.45, 7) is 0. The highest BCUT2D eigenvalue weighted by molar-refractivity contribution is 6.04. The third kappa shape index (κ3) is 1.47. The Bertz CT molecular complexity index is 741. The van der Waals surface area contributed by atoms with Crippen LogP contribution in [0, 0.1) is 0 Å². The number of alkyl halides is 3. The number of benzene rings is 1. The Labute approximate surface area is 101 Å². The number of nitrogens with zero attached hydrogens (tertiary/aromatic N) is 2. The van der Waals surface area contributed by atoms with Crippen LogP contribution in [-0.4, -0.2) is 9.55 Å². The van der Waals surface area contributed by atoms with Gasteiger partial charge in [0.05, 0.1) is 16.6 Å². The Kier molecular flexibility index (Phi) is 2.14. The van der Waals surface area contributed by atoms with Gasteiger partial charge in [0.25, 0.3) is 0 Å². The maximum atomic E-state index is 12.9. The fourth-order valence-electron chi connectivity index (χ4n) is 2.24. The monoisotopic (exact) mass is 250 g/mol. The Hall–Kier alpha value is -2.04. The minimum absolute atomic E-state index is 0.000648. The highest BCUT2D eigenvalue weighted by Gasteiger charge is 2.33. The normalized spacial score (nSPS) is 12.4. The lowest BCUT2D eigenvalue weighted by atomic mass is 10.1. The van der Waals surface area contributed by atoms with Gasteiger partial charge in [-0.05, 0) is 12.1 Å². The maximum absolute atomic E-state index is 12.9. The summed E-state index contributed by atoms with van der Waals surface area (Å²) in [7, 11) is 1.81. The molecule has 0 aliphatic heterocycles. The molecular weight excluding hydrogens is 241 g/mol. The van der Waals surface area contributed by atoms with Crippen molar-refractivity contribution >= 4 is 21.8 Å². The second-order valence-corrected chi connectivity index (χ2v) is 4.19. The lowest BCUT2D eigenvalue weighted by Gasteiger charge is -2.10. The van der Waals surface area contributed by atoms with E-state index in [0.29, 0.717) is 5.39 Å². The molecule has 18 heavy (non-hydrogen) atoms. The predicted molar refractivity (Wildman–Crippen MR) is 63.2 cm³/mol. The van der Waals surface area contributed by atoms with Crippen molar-refractivity contribution in [2.24, 2.45) is 7.05 Å². The summed E-state index contributed by atoms with van der Waals surface area (Å²) < 4.78 is 40.5. The second kappa shape index (κ2) is 3.48. The molecule has 0 amide bonds. The van der Waals surface area contributed by atoms with Crippen molar-refractivity contribution < 1.29 is 13.2 Å². The summed E-state index contributed by atoms with van der Waals surface area (Å²) in [5.41, 5.74) is 0.0773. The highest BCUT2D eigenvalue weighted by Crippen LogP contribution is 2.35. The SMILES string of the molecule is Cn1ccc2cnc3c(C(F)(F)F)cccc3c21. The molecule has 0 spiro atoms. The lowest BCUT2D eigenvalue weighted by Crippen LogP contribution is -2.06. The van der Waals surface area contributed by atoms with Gasteiger partial charge in [0.2, 0.25) is 0 Å². The number of hydrogen-bond donors (Lipinski definition) is 0. The van der Waals surface area contributed by atoms with Crippen molar-refractivity contribution in [1.29, 1.82) is 0 Å². The third-order valence-corrected chi connectivity index (χ3v) is 3.03. The average Bonchev–Trinajstić information content (AvgIpc) is 2.69. The minimum atomic E-state index is -4.38. The van der Waals surface area contributed by atoms with Gasteiger partial charge in [-0.3, -0.25) is 4.98 Å². The van der Waals surface area contributed by atoms with E-state index in [1.807, 2.05) is 19.3 Å². The number of aromatic nitrogens is 2. The van der Waals surface area contributed by atoms with Crippen molar-refractivity contribution in [3.8, 4) is 0 Å². The number of hydrogen-bond acceptors (Lipinski definition) is 1. The van der Waals surface area contributed by atoms with E-state index in [-0.39, 0.29) is 5.52 Å². The first-order chi connectivity index (χ1) is 8.48. The number of para-hydroxylation sites is 1. The molecular formula is C13H9F3N2. The van der Waals surface area contributed by atoms with Crippen LogP contribution in [0.4, 0.5) is 13.2 Å². The van der Waals surface area contributed by atoms with Crippen LogP contribution in [-0.2, 0) is 13.2 Å². The van der Waals surface area contributed by atoms with Gasteiger partial charge in [-0.2, -0.15) is 13.2 Å². The molecule has 0 radical (unpaired) electrons. The highest BCUT2D eigenvalue weighted by atomic mass is 19.4. The van der Waals surface area contributed by atoms with Crippen LogP contribution >= 0.6 is 0 Å². The standard InChI is InChI=1S/C13H9F3N2/c1-18-6-5-8-7-17-11-9(12(8)18)3-2-4-10(11)13(14,15)16/h2-7H,1H3. The molecule has 0 aliphatic carbocycles. The molecule has 0 unspecified atom stereocenters. The zero-order chi connectivity index (χ0) is 12.9. The van der Waals surface area contributed by atoms with Crippen LogP contribution in [0.15, 0.2) is 36.7 Å². The van der Waals surface area contributed by atoms with Gasteiger partial charge in [0.1, 0.15) is 0 Å². The molecule has 0 fully saturated rings. The van der Waals surface area contributed by atoms with Crippen LogP contribution in [0.1, 0.15) is 5.56 Å².